The number of halogens is 1. The zero-order valence-electron chi connectivity index (χ0n) is 13.5. The Bertz CT molecular complexity index is 851. The predicted molar refractivity (Wildman–Crippen MR) is 92.9 cm³/mol. The van der Waals surface area contributed by atoms with Gasteiger partial charge in [-0.3, -0.25) is 14.9 Å². The first kappa shape index (κ1) is 18.4. The van der Waals surface area contributed by atoms with E-state index < -0.39 is 23.4 Å². The van der Waals surface area contributed by atoms with Gasteiger partial charge in [-0.1, -0.05) is 29.3 Å². The Morgan fingerprint density at radius 2 is 1.92 bits per heavy atom. The van der Waals surface area contributed by atoms with E-state index >= 15 is 0 Å². The van der Waals surface area contributed by atoms with Crippen LogP contribution in [0.3, 0.4) is 0 Å². The average Bonchev–Trinajstić information content (AvgIpc) is 2.56. The number of anilines is 1. The van der Waals surface area contributed by atoms with Crippen LogP contribution in [-0.4, -0.2) is 23.4 Å². The summed E-state index contributed by atoms with van der Waals surface area (Å²) in [6.07, 6.45) is 0. The van der Waals surface area contributed by atoms with Crippen molar-refractivity contribution in [1.29, 1.82) is 0 Å². The van der Waals surface area contributed by atoms with Crippen LogP contribution in [0.15, 0.2) is 36.4 Å². The number of nitro benzene ring substituents is 1. The van der Waals surface area contributed by atoms with Gasteiger partial charge in [-0.05, 0) is 37.6 Å². The highest BCUT2D eigenvalue weighted by Crippen LogP contribution is 2.27. The summed E-state index contributed by atoms with van der Waals surface area (Å²) in [6, 6.07) is 9.15. The Labute approximate surface area is 148 Å². The minimum atomic E-state index is -0.691. The molecule has 0 aromatic heterocycles. The van der Waals surface area contributed by atoms with E-state index in [4.69, 9.17) is 16.3 Å². The van der Waals surface area contributed by atoms with Crippen LogP contribution in [0.25, 0.3) is 0 Å². The van der Waals surface area contributed by atoms with Crippen LogP contribution in [-0.2, 0) is 9.53 Å². The number of nitro groups is 1. The number of nitrogens with one attached hydrogen (secondary N) is 1. The molecule has 2 aromatic carbocycles. The molecule has 1 amide bonds. The normalized spacial score (nSPS) is 10.2. The Morgan fingerprint density at radius 1 is 1.20 bits per heavy atom. The topological polar surface area (TPSA) is 98.5 Å². The molecule has 0 unspecified atom stereocenters. The fourth-order valence-electron chi connectivity index (χ4n) is 2.11. The molecule has 2 aromatic rings. The van der Waals surface area contributed by atoms with Gasteiger partial charge >= 0.3 is 5.97 Å². The molecule has 0 atom stereocenters. The van der Waals surface area contributed by atoms with Gasteiger partial charge in [0.25, 0.3) is 11.6 Å². The van der Waals surface area contributed by atoms with Crippen molar-refractivity contribution >= 4 is 34.9 Å². The van der Waals surface area contributed by atoms with Gasteiger partial charge in [-0.15, -0.1) is 0 Å². The van der Waals surface area contributed by atoms with Gasteiger partial charge in [0.2, 0.25) is 0 Å². The van der Waals surface area contributed by atoms with Crippen LogP contribution >= 0.6 is 11.6 Å². The molecule has 130 valence electrons. The van der Waals surface area contributed by atoms with E-state index in [0.717, 1.165) is 17.2 Å². The number of nitrogens with zero attached hydrogens (tertiary/aromatic N) is 1. The van der Waals surface area contributed by atoms with E-state index in [9.17, 15) is 19.7 Å². The van der Waals surface area contributed by atoms with Gasteiger partial charge in [0.15, 0.2) is 6.61 Å². The van der Waals surface area contributed by atoms with Crippen LogP contribution in [0.4, 0.5) is 11.4 Å². The Balaban J connectivity index is 2.03. The van der Waals surface area contributed by atoms with Gasteiger partial charge < -0.3 is 10.1 Å². The summed E-state index contributed by atoms with van der Waals surface area (Å²) in [6.45, 7) is 3.03. The maximum atomic E-state index is 12.1. The first-order valence-electron chi connectivity index (χ1n) is 7.26. The molecule has 7 nitrogen and oxygen atoms in total. The largest absolute Gasteiger partial charge is 0.452 e. The second kappa shape index (κ2) is 7.76. The molecule has 0 radical (unpaired) electrons. The summed E-state index contributed by atoms with van der Waals surface area (Å²) in [5.41, 5.74) is 1.61. The predicted octanol–water partition coefficient (Wildman–Crippen LogP) is 3.66. The highest BCUT2D eigenvalue weighted by Gasteiger charge is 2.18. The lowest BCUT2D eigenvalue weighted by atomic mass is 10.1. The zero-order chi connectivity index (χ0) is 18.6. The van der Waals surface area contributed by atoms with E-state index in [1.807, 2.05) is 13.0 Å². The molecule has 0 aliphatic carbocycles. The summed E-state index contributed by atoms with van der Waals surface area (Å²) < 4.78 is 4.98. The number of carbonyl (C=O) groups is 2. The number of aryl methyl sites for hydroxylation is 2. The first-order valence-corrected chi connectivity index (χ1v) is 7.64. The average molecular weight is 363 g/mol. The maximum Gasteiger partial charge on any atom is 0.338 e. The maximum absolute atomic E-state index is 12.1. The molecule has 8 heteroatoms. The Hall–Kier alpha value is -2.93. The molecule has 0 bridgehead atoms. The van der Waals surface area contributed by atoms with Gasteiger partial charge in [-0.25, -0.2) is 4.79 Å². The van der Waals surface area contributed by atoms with Crippen molar-refractivity contribution in [1.82, 2.24) is 0 Å². The van der Waals surface area contributed by atoms with Gasteiger partial charge in [0.05, 0.1) is 10.5 Å². The third-order valence-corrected chi connectivity index (χ3v) is 3.61. The molecular formula is C17H15ClN2O5. The van der Waals surface area contributed by atoms with Crippen molar-refractivity contribution in [3.8, 4) is 0 Å². The molecule has 0 saturated heterocycles. The number of hydrogen-bond acceptors (Lipinski definition) is 5. The number of carbonyl (C=O) groups excluding carboxylic acids is 2. The van der Waals surface area contributed by atoms with Gasteiger partial charge in [-0.2, -0.15) is 0 Å². The molecule has 25 heavy (non-hydrogen) atoms. The minimum absolute atomic E-state index is 0.0258. The number of esters is 1. The Morgan fingerprint density at radius 3 is 2.60 bits per heavy atom. The molecule has 0 aliphatic heterocycles. The van der Waals surface area contributed by atoms with E-state index in [-0.39, 0.29) is 16.4 Å². The lowest BCUT2D eigenvalue weighted by Crippen LogP contribution is -2.21. The smallest absolute Gasteiger partial charge is 0.338 e. The molecule has 0 heterocycles. The van der Waals surface area contributed by atoms with Gasteiger partial charge in [0.1, 0.15) is 5.69 Å². The lowest BCUT2D eigenvalue weighted by Gasteiger charge is -2.09. The monoisotopic (exact) mass is 362 g/mol. The van der Waals surface area contributed by atoms with Crippen LogP contribution in [0.5, 0.6) is 0 Å². The summed E-state index contributed by atoms with van der Waals surface area (Å²) in [7, 11) is 0. The van der Waals surface area contributed by atoms with Crippen molar-refractivity contribution in [3.05, 3.63) is 68.2 Å². The number of amides is 1. The third kappa shape index (κ3) is 4.77. The number of rotatable bonds is 5. The van der Waals surface area contributed by atoms with Crippen molar-refractivity contribution < 1.29 is 19.2 Å². The highest BCUT2D eigenvalue weighted by atomic mass is 35.5. The van der Waals surface area contributed by atoms with Crippen molar-refractivity contribution in [3.63, 3.8) is 0 Å². The number of benzene rings is 2. The van der Waals surface area contributed by atoms with Crippen molar-refractivity contribution in [2.24, 2.45) is 0 Å². The summed E-state index contributed by atoms with van der Waals surface area (Å²) in [5, 5.41) is 13.5. The Kier molecular flexibility index (Phi) is 5.71. The molecule has 0 fully saturated rings. The quantitative estimate of drug-likeness (QED) is 0.497. The van der Waals surface area contributed by atoms with E-state index in [2.05, 4.69) is 5.32 Å². The first-order chi connectivity index (χ1) is 11.8. The summed E-state index contributed by atoms with van der Waals surface area (Å²) >= 11 is 5.71. The third-order valence-electron chi connectivity index (χ3n) is 3.38. The number of hydrogen-bond donors (Lipinski definition) is 1. The molecule has 0 aliphatic rings. The minimum Gasteiger partial charge on any atom is -0.452 e. The second-order valence-electron chi connectivity index (χ2n) is 5.36. The SMILES string of the molecule is Cc1ccc(C)c(C(=O)OCC(=O)Nc2ccc(Cl)cc2[N+](=O)[O-])c1. The summed E-state index contributed by atoms with van der Waals surface area (Å²) in [4.78, 5) is 34.3. The van der Waals surface area contributed by atoms with Crippen molar-refractivity contribution in [2.75, 3.05) is 11.9 Å². The zero-order valence-corrected chi connectivity index (χ0v) is 14.3. The standard InChI is InChI=1S/C17H15ClN2O5/c1-10-3-4-11(2)13(7-10)17(22)25-9-16(21)19-14-6-5-12(18)8-15(14)20(23)24/h3-8H,9H2,1-2H3,(H,19,21). The molecule has 2 rings (SSSR count). The van der Waals surface area contributed by atoms with Crippen LogP contribution < -0.4 is 5.32 Å². The molecule has 0 saturated carbocycles. The van der Waals surface area contributed by atoms with E-state index in [0.29, 0.717) is 5.56 Å². The van der Waals surface area contributed by atoms with Gasteiger partial charge in [0, 0.05) is 11.1 Å². The van der Waals surface area contributed by atoms with Crippen molar-refractivity contribution in [2.45, 2.75) is 13.8 Å². The highest BCUT2D eigenvalue weighted by molar-refractivity contribution is 6.31. The number of ether oxygens (including phenoxy) is 1. The fourth-order valence-corrected chi connectivity index (χ4v) is 2.28. The molecule has 0 spiro atoms. The molecular weight excluding hydrogens is 348 g/mol. The molecule has 1 N–H and O–H groups in total. The van der Waals surface area contributed by atoms with Crippen LogP contribution in [0.2, 0.25) is 5.02 Å². The summed E-state index contributed by atoms with van der Waals surface area (Å²) in [5.74, 6) is -1.33. The van der Waals surface area contributed by atoms with E-state index in [1.165, 1.54) is 12.1 Å². The van der Waals surface area contributed by atoms with E-state index in [1.54, 1.807) is 19.1 Å². The fraction of sp³-hybridized carbons (Fsp3) is 0.176. The lowest BCUT2D eigenvalue weighted by molar-refractivity contribution is -0.383. The second-order valence-corrected chi connectivity index (χ2v) is 5.80. The van der Waals surface area contributed by atoms with Crippen LogP contribution in [0, 0.1) is 24.0 Å². The van der Waals surface area contributed by atoms with Crippen LogP contribution in [0.1, 0.15) is 21.5 Å².